The fourth-order valence-corrected chi connectivity index (χ4v) is 4.29. The molecule has 4 aromatic rings. The average Bonchev–Trinajstić information content (AvgIpc) is 3.30. The maximum atomic E-state index is 12.6. The van der Waals surface area contributed by atoms with E-state index in [4.69, 9.17) is 9.72 Å². The highest BCUT2D eigenvalue weighted by Gasteiger charge is 2.17. The van der Waals surface area contributed by atoms with E-state index in [0.29, 0.717) is 55.6 Å². The van der Waals surface area contributed by atoms with Crippen molar-refractivity contribution in [3.63, 3.8) is 0 Å². The molecule has 0 unspecified atom stereocenters. The molecular formula is C26H28N6O3. The van der Waals surface area contributed by atoms with Gasteiger partial charge in [0.2, 0.25) is 11.9 Å². The first-order valence-corrected chi connectivity index (χ1v) is 11.7. The number of aryl methyl sites for hydroxylation is 2. The van der Waals surface area contributed by atoms with Gasteiger partial charge in [-0.25, -0.2) is 9.97 Å². The fraction of sp³-hybridized carbons (Fsp3) is 0.308. The van der Waals surface area contributed by atoms with Crippen LogP contribution in [-0.2, 0) is 16.0 Å². The van der Waals surface area contributed by atoms with Gasteiger partial charge >= 0.3 is 0 Å². The van der Waals surface area contributed by atoms with Gasteiger partial charge in [0.05, 0.1) is 18.9 Å². The van der Waals surface area contributed by atoms with Crippen LogP contribution >= 0.6 is 0 Å². The number of carbonyl (C=O) groups is 1. The third-order valence-corrected chi connectivity index (χ3v) is 6.26. The summed E-state index contributed by atoms with van der Waals surface area (Å²) < 4.78 is 7.36. The number of pyridine rings is 1. The zero-order valence-electron chi connectivity index (χ0n) is 19.9. The van der Waals surface area contributed by atoms with E-state index in [1.807, 2.05) is 71.9 Å². The molecule has 1 aliphatic heterocycles. The van der Waals surface area contributed by atoms with E-state index in [-0.39, 0.29) is 17.9 Å². The molecule has 1 aromatic carbocycles. The van der Waals surface area contributed by atoms with Crippen LogP contribution in [0.15, 0.2) is 53.6 Å². The zero-order valence-corrected chi connectivity index (χ0v) is 19.9. The molecule has 0 bridgehead atoms. The number of hydrogen-bond acceptors (Lipinski definition) is 6. The maximum Gasteiger partial charge on any atom is 0.255 e. The lowest BCUT2D eigenvalue weighted by atomic mass is 10.1. The molecule has 1 aliphatic rings. The number of nitrogens with zero attached hydrogens (tertiary/aromatic N) is 4. The van der Waals surface area contributed by atoms with Crippen LogP contribution in [0.25, 0.3) is 16.9 Å². The number of imidazole rings is 1. The number of nitrogens with one attached hydrogen (secondary N) is 2. The number of amides is 1. The highest BCUT2D eigenvalue weighted by Crippen LogP contribution is 2.22. The Bertz CT molecular complexity index is 1420. The van der Waals surface area contributed by atoms with Crippen molar-refractivity contribution in [1.82, 2.24) is 19.4 Å². The van der Waals surface area contributed by atoms with Crippen LogP contribution < -0.4 is 15.8 Å². The molecule has 35 heavy (non-hydrogen) atoms. The molecule has 5 rings (SSSR count). The number of fused-ring (bicyclic) bond motifs is 1. The molecule has 1 amide bonds. The zero-order chi connectivity index (χ0) is 24.4. The Morgan fingerprint density at radius 2 is 1.89 bits per heavy atom. The molecule has 9 heteroatoms. The summed E-state index contributed by atoms with van der Waals surface area (Å²) in [5.74, 6) is 0.405. The number of aromatic amines is 1. The van der Waals surface area contributed by atoms with Crippen molar-refractivity contribution >= 4 is 23.2 Å². The van der Waals surface area contributed by atoms with Gasteiger partial charge in [-0.2, -0.15) is 0 Å². The topological polar surface area (TPSA) is 105 Å². The Labute approximate surface area is 202 Å². The molecule has 4 heterocycles. The van der Waals surface area contributed by atoms with Gasteiger partial charge in [-0.05, 0) is 44.0 Å². The number of hydrogen-bond donors (Lipinski definition) is 2. The largest absolute Gasteiger partial charge is 0.378 e. The van der Waals surface area contributed by atoms with E-state index in [1.54, 1.807) is 0 Å². The van der Waals surface area contributed by atoms with E-state index in [2.05, 4.69) is 15.3 Å². The van der Waals surface area contributed by atoms with Gasteiger partial charge in [0.1, 0.15) is 5.65 Å². The minimum Gasteiger partial charge on any atom is -0.378 e. The van der Waals surface area contributed by atoms with Gasteiger partial charge in [-0.15, -0.1) is 0 Å². The number of anilines is 2. The second-order valence-electron chi connectivity index (χ2n) is 8.73. The molecule has 0 radical (unpaired) electrons. The number of benzene rings is 1. The minimum absolute atomic E-state index is 0.155. The molecule has 9 nitrogen and oxygen atoms in total. The smallest absolute Gasteiger partial charge is 0.255 e. The molecule has 2 N–H and O–H groups in total. The lowest BCUT2D eigenvalue weighted by Gasteiger charge is -2.27. The van der Waals surface area contributed by atoms with E-state index in [0.717, 1.165) is 22.5 Å². The second kappa shape index (κ2) is 9.71. The van der Waals surface area contributed by atoms with Crippen LogP contribution in [0.3, 0.4) is 0 Å². The van der Waals surface area contributed by atoms with Crippen LogP contribution in [0.2, 0.25) is 0 Å². The molecule has 0 aliphatic carbocycles. The number of H-pyrrole nitrogens is 1. The lowest BCUT2D eigenvalue weighted by molar-refractivity contribution is -0.116. The summed E-state index contributed by atoms with van der Waals surface area (Å²) in [5.41, 5.74) is 5.58. The monoisotopic (exact) mass is 472 g/mol. The quantitative estimate of drug-likeness (QED) is 0.447. The van der Waals surface area contributed by atoms with E-state index in [1.165, 1.54) is 0 Å². The summed E-state index contributed by atoms with van der Waals surface area (Å²) in [4.78, 5) is 39.3. The van der Waals surface area contributed by atoms with Gasteiger partial charge in [-0.1, -0.05) is 18.2 Å². The molecule has 0 saturated carbocycles. The van der Waals surface area contributed by atoms with Crippen LogP contribution in [0, 0.1) is 13.8 Å². The molecule has 0 atom stereocenters. The van der Waals surface area contributed by atoms with Crippen molar-refractivity contribution in [2.24, 2.45) is 0 Å². The first-order chi connectivity index (χ1) is 17.0. The normalized spacial score (nSPS) is 13.8. The van der Waals surface area contributed by atoms with E-state index >= 15 is 0 Å². The van der Waals surface area contributed by atoms with E-state index < -0.39 is 0 Å². The van der Waals surface area contributed by atoms with Crippen LogP contribution in [0.1, 0.15) is 23.2 Å². The van der Waals surface area contributed by atoms with Crippen LogP contribution in [0.4, 0.5) is 11.6 Å². The van der Waals surface area contributed by atoms with Crippen molar-refractivity contribution in [3.05, 3.63) is 76.0 Å². The number of aromatic nitrogens is 4. The summed E-state index contributed by atoms with van der Waals surface area (Å²) in [5, 5.41) is 2.91. The standard InChI is InChI=1S/C26H28N6O3/c1-17-4-3-11-32-16-22(29-24(17)32)19-5-7-20(8-6-19)28-23(33)10-9-21-18(2)27-26(30-25(21)34)31-12-14-35-15-13-31/h3-8,11,16H,9-10,12-15H2,1-2H3,(H,28,33)(H,27,30,34). The fourth-order valence-electron chi connectivity index (χ4n) is 4.29. The van der Waals surface area contributed by atoms with Gasteiger partial charge in [0.15, 0.2) is 0 Å². The van der Waals surface area contributed by atoms with Gasteiger partial charge in [0, 0.05) is 54.4 Å². The predicted molar refractivity (Wildman–Crippen MR) is 135 cm³/mol. The molecule has 1 fully saturated rings. The van der Waals surface area contributed by atoms with Crippen molar-refractivity contribution < 1.29 is 9.53 Å². The summed E-state index contributed by atoms with van der Waals surface area (Å²) in [6, 6.07) is 11.6. The number of ether oxygens (including phenoxy) is 1. The summed E-state index contributed by atoms with van der Waals surface area (Å²) >= 11 is 0. The Balaban J connectivity index is 1.21. The molecule has 180 valence electrons. The summed E-state index contributed by atoms with van der Waals surface area (Å²) in [6.45, 7) is 6.47. The Hall–Kier alpha value is -3.98. The van der Waals surface area contributed by atoms with Crippen LogP contribution in [-0.4, -0.2) is 51.6 Å². The number of morpholine rings is 1. The second-order valence-corrected chi connectivity index (χ2v) is 8.73. The predicted octanol–water partition coefficient (Wildman–Crippen LogP) is 3.11. The number of carbonyl (C=O) groups excluding carboxylic acids is 1. The van der Waals surface area contributed by atoms with Crippen LogP contribution in [0.5, 0.6) is 0 Å². The average molecular weight is 473 g/mol. The third kappa shape index (κ3) is 4.95. The highest BCUT2D eigenvalue weighted by molar-refractivity contribution is 5.91. The molecular weight excluding hydrogens is 444 g/mol. The summed E-state index contributed by atoms with van der Waals surface area (Å²) in [6.07, 6.45) is 4.48. The van der Waals surface area contributed by atoms with Crippen molar-refractivity contribution in [2.45, 2.75) is 26.7 Å². The Morgan fingerprint density at radius 1 is 1.11 bits per heavy atom. The lowest BCUT2D eigenvalue weighted by Crippen LogP contribution is -2.38. The minimum atomic E-state index is -0.196. The highest BCUT2D eigenvalue weighted by atomic mass is 16.5. The SMILES string of the molecule is Cc1nc(N2CCOCC2)[nH]c(=O)c1CCC(=O)Nc1ccc(-c2cn3cccc(C)c3n2)cc1. The summed E-state index contributed by atoms with van der Waals surface area (Å²) in [7, 11) is 0. The molecule has 0 spiro atoms. The van der Waals surface area contributed by atoms with Crippen molar-refractivity contribution in [1.29, 1.82) is 0 Å². The number of rotatable bonds is 6. The van der Waals surface area contributed by atoms with E-state index in [9.17, 15) is 9.59 Å². The Kier molecular flexibility index (Phi) is 6.33. The van der Waals surface area contributed by atoms with Crippen molar-refractivity contribution in [3.8, 4) is 11.3 Å². The van der Waals surface area contributed by atoms with Crippen molar-refractivity contribution in [2.75, 3.05) is 36.5 Å². The third-order valence-electron chi connectivity index (χ3n) is 6.26. The molecule has 3 aromatic heterocycles. The maximum absolute atomic E-state index is 12.6. The first kappa shape index (κ1) is 22.8. The van der Waals surface area contributed by atoms with Gasteiger partial charge < -0.3 is 19.4 Å². The van der Waals surface area contributed by atoms with Gasteiger partial charge in [0.25, 0.3) is 5.56 Å². The molecule has 1 saturated heterocycles. The Morgan fingerprint density at radius 3 is 2.60 bits per heavy atom. The van der Waals surface area contributed by atoms with Gasteiger partial charge in [-0.3, -0.25) is 14.6 Å². The first-order valence-electron chi connectivity index (χ1n) is 11.7.